The van der Waals surface area contributed by atoms with Crippen molar-refractivity contribution in [3.63, 3.8) is 0 Å². The maximum absolute atomic E-state index is 11.0. The van der Waals surface area contributed by atoms with Crippen LogP contribution in [-0.2, 0) is 11.3 Å². The Morgan fingerprint density at radius 3 is 2.88 bits per heavy atom. The van der Waals surface area contributed by atoms with Crippen molar-refractivity contribution in [2.45, 2.75) is 13.0 Å². The Kier molecular flexibility index (Phi) is 3.16. The van der Waals surface area contributed by atoms with Crippen LogP contribution >= 0.6 is 0 Å². The van der Waals surface area contributed by atoms with Crippen molar-refractivity contribution in [3.8, 4) is 11.3 Å². The number of aryl methyl sites for hydroxylation is 1. The Labute approximate surface area is 136 Å². The van der Waals surface area contributed by atoms with Crippen molar-refractivity contribution in [2.24, 2.45) is 5.73 Å². The van der Waals surface area contributed by atoms with E-state index in [1.165, 1.54) is 0 Å². The second-order valence-corrected chi connectivity index (χ2v) is 5.56. The molecule has 0 aliphatic rings. The number of H-pyrrole nitrogens is 1. The summed E-state index contributed by atoms with van der Waals surface area (Å²) in [4.78, 5) is 15.4. The quantitative estimate of drug-likeness (QED) is 0.524. The van der Waals surface area contributed by atoms with E-state index < -0.39 is 0 Å². The lowest BCUT2D eigenvalue weighted by atomic mass is 10.1. The predicted octanol–water partition coefficient (Wildman–Crippen LogP) is 1.43. The van der Waals surface area contributed by atoms with E-state index in [9.17, 15) is 4.79 Å². The molecule has 1 aromatic carbocycles. The number of hydrogen-bond acceptors (Lipinski definition) is 5. The Morgan fingerprint density at radius 1 is 1.25 bits per heavy atom. The van der Waals surface area contributed by atoms with Crippen LogP contribution < -0.4 is 11.5 Å². The second kappa shape index (κ2) is 5.34. The van der Waals surface area contributed by atoms with E-state index in [1.807, 2.05) is 24.3 Å². The number of aromatic nitrogens is 5. The Balaban J connectivity index is 1.85. The van der Waals surface area contributed by atoms with E-state index in [-0.39, 0.29) is 12.3 Å². The minimum atomic E-state index is -0.367. The summed E-state index contributed by atoms with van der Waals surface area (Å²) in [5, 5.41) is 13.2. The molecule has 8 heteroatoms. The molecule has 24 heavy (non-hydrogen) atoms. The third kappa shape index (κ3) is 2.34. The third-order valence-electron chi connectivity index (χ3n) is 3.92. The van der Waals surface area contributed by atoms with Gasteiger partial charge in [0.05, 0.1) is 16.6 Å². The predicted molar refractivity (Wildman–Crippen MR) is 90.8 cm³/mol. The van der Waals surface area contributed by atoms with E-state index in [4.69, 9.17) is 11.5 Å². The molecular weight excluding hydrogens is 306 g/mol. The van der Waals surface area contributed by atoms with Gasteiger partial charge in [-0.25, -0.2) is 4.98 Å². The molecular formula is C16H15N7O. The summed E-state index contributed by atoms with van der Waals surface area (Å²) < 4.78 is 1.68. The first-order valence-electron chi connectivity index (χ1n) is 7.46. The van der Waals surface area contributed by atoms with Gasteiger partial charge in [-0.1, -0.05) is 6.07 Å². The summed E-state index contributed by atoms with van der Waals surface area (Å²) in [6, 6.07) is 7.75. The van der Waals surface area contributed by atoms with Gasteiger partial charge in [0.2, 0.25) is 5.91 Å². The third-order valence-corrected chi connectivity index (χ3v) is 3.92. The van der Waals surface area contributed by atoms with Gasteiger partial charge >= 0.3 is 0 Å². The molecule has 3 heterocycles. The lowest BCUT2D eigenvalue weighted by Gasteiger charge is -2.03. The highest BCUT2D eigenvalue weighted by Gasteiger charge is 2.12. The fourth-order valence-corrected chi connectivity index (χ4v) is 2.74. The van der Waals surface area contributed by atoms with Gasteiger partial charge in [-0.15, -0.1) is 0 Å². The Morgan fingerprint density at radius 2 is 2.12 bits per heavy atom. The maximum Gasteiger partial charge on any atom is 0.219 e. The van der Waals surface area contributed by atoms with Crippen molar-refractivity contribution >= 4 is 33.5 Å². The fourth-order valence-electron chi connectivity index (χ4n) is 2.74. The molecule has 0 aliphatic carbocycles. The standard InChI is InChI=1S/C16H15N7O/c17-14(24)4-6-23-8-11-15(22-23)10-2-1-9(12-3-5-19-21-12)7-13(10)20-16(11)18/h1-3,5,7-8H,4,6H2,(H2,17,24)(H2,18,20)(H,19,21). The first kappa shape index (κ1) is 14.2. The Bertz CT molecular complexity index is 1050. The molecule has 0 aliphatic heterocycles. The summed E-state index contributed by atoms with van der Waals surface area (Å²) >= 11 is 0. The van der Waals surface area contributed by atoms with Gasteiger partial charge in [0, 0.05) is 36.3 Å². The molecule has 0 saturated carbocycles. The maximum atomic E-state index is 11.0. The number of nitrogen functional groups attached to an aromatic ring is 1. The number of carbonyl (C=O) groups is 1. The number of hydrogen-bond donors (Lipinski definition) is 3. The smallest absolute Gasteiger partial charge is 0.219 e. The van der Waals surface area contributed by atoms with Crippen LogP contribution in [0.5, 0.6) is 0 Å². The number of rotatable bonds is 4. The molecule has 4 rings (SSSR count). The first-order chi connectivity index (χ1) is 11.6. The molecule has 0 bridgehead atoms. The first-order valence-corrected chi connectivity index (χ1v) is 7.46. The fraction of sp³-hybridized carbons (Fsp3) is 0.125. The van der Waals surface area contributed by atoms with E-state index in [0.717, 1.165) is 33.1 Å². The van der Waals surface area contributed by atoms with E-state index in [1.54, 1.807) is 17.1 Å². The number of amides is 1. The van der Waals surface area contributed by atoms with Gasteiger partial charge in [0.15, 0.2) is 0 Å². The Hall–Kier alpha value is -3.42. The van der Waals surface area contributed by atoms with Crippen LogP contribution in [0.15, 0.2) is 36.7 Å². The SMILES string of the molecule is NC(=O)CCn1cc2c(N)nc3cc(-c4cc[nH]n4)ccc3c2n1. The van der Waals surface area contributed by atoms with Crippen LogP contribution in [0, 0.1) is 0 Å². The summed E-state index contributed by atoms with van der Waals surface area (Å²) in [6.45, 7) is 0.413. The molecule has 0 spiro atoms. The largest absolute Gasteiger partial charge is 0.383 e. The average molecular weight is 321 g/mol. The number of anilines is 1. The van der Waals surface area contributed by atoms with Gasteiger partial charge < -0.3 is 11.5 Å². The van der Waals surface area contributed by atoms with Crippen LogP contribution in [0.4, 0.5) is 5.82 Å². The molecule has 0 radical (unpaired) electrons. The van der Waals surface area contributed by atoms with Crippen LogP contribution in [0.3, 0.4) is 0 Å². The zero-order chi connectivity index (χ0) is 16.7. The topological polar surface area (TPSA) is 128 Å². The lowest BCUT2D eigenvalue weighted by molar-refractivity contribution is -0.118. The van der Waals surface area contributed by atoms with Gasteiger partial charge in [0.25, 0.3) is 0 Å². The van der Waals surface area contributed by atoms with Crippen LogP contribution in [-0.4, -0.2) is 30.9 Å². The molecule has 0 unspecified atom stereocenters. The monoisotopic (exact) mass is 321 g/mol. The summed E-state index contributed by atoms with van der Waals surface area (Å²) in [5.74, 6) is 0.0381. The molecule has 0 saturated heterocycles. The number of nitrogens with two attached hydrogens (primary N) is 2. The number of primary amides is 1. The second-order valence-electron chi connectivity index (χ2n) is 5.56. The zero-order valence-electron chi connectivity index (χ0n) is 12.7. The highest BCUT2D eigenvalue weighted by Crippen LogP contribution is 2.29. The molecule has 8 nitrogen and oxygen atoms in total. The minimum Gasteiger partial charge on any atom is -0.383 e. The summed E-state index contributed by atoms with van der Waals surface area (Å²) in [5.41, 5.74) is 14.6. The summed E-state index contributed by atoms with van der Waals surface area (Å²) in [7, 11) is 0. The number of pyridine rings is 1. The number of nitrogens with zero attached hydrogens (tertiary/aromatic N) is 4. The van der Waals surface area contributed by atoms with E-state index in [2.05, 4.69) is 20.3 Å². The van der Waals surface area contributed by atoms with Crippen LogP contribution in [0.1, 0.15) is 6.42 Å². The minimum absolute atomic E-state index is 0.225. The zero-order valence-corrected chi connectivity index (χ0v) is 12.7. The molecule has 1 amide bonds. The highest BCUT2D eigenvalue weighted by molar-refractivity contribution is 6.08. The lowest BCUT2D eigenvalue weighted by Crippen LogP contribution is -2.14. The average Bonchev–Trinajstić information content (AvgIpc) is 3.22. The number of fused-ring (bicyclic) bond motifs is 3. The van der Waals surface area contributed by atoms with E-state index >= 15 is 0 Å². The normalized spacial score (nSPS) is 11.3. The van der Waals surface area contributed by atoms with Crippen molar-refractivity contribution < 1.29 is 4.79 Å². The van der Waals surface area contributed by atoms with Crippen molar-refractivity contribution in [1.82, 2.24) is 25.0 Å². The summed E-state index contributed by atoms with van der Waals surface area (Å²) in [6.07, 6.45) is 3.79. The van der Waals surface area contributed by atoms with Crippen molar-refractivity contribution in [1.29, 1.82) is 0 Å². The number of carbonyl (C=O) groups excluding carboxylic acids is 1. The van der Waals surface area contributed by atoms with Crippen LogP contribution in [0.2, 0.25) is 0 Å². The van der Waals surface area contributed by atoms with E-state index in [0.29, 0.717) is 12.4 Å². The number of nitrogens with one attached hydrogen (secondary N) is 1. The highest BCUT2D eigenvalue weighted by atomic mass is 16.1. The number of benzene rings is 1. The van der Waals surface area contributed by atoms with Gasteiger partial charge in [-0.3, -0.25) is 14.6 Å². The molecule has 0 atom stereocenters. The molecule has 3 aromatic heterocycles. The molecule has 5 N–H and O–H groups in total. The van der Waals surface area contributed by atoms with Gasteiger partial charge in [-0.05, 0) is 18.2 Å². The molecule has 0 fully saturated rings. The number of aromatic amines is 1. The molecule has 4 aromatic rings. The van der Waals surface area contributed by atoms with Gasteiger partial charge in [0.1, 0.15) is 11.3 Å². The molecule has 120 valence electrons. The van der Waals surface area contributed by atoms with Crippen LogP contribution in [0.25, 0.3) is 33.1 Å². The van der Waals surface area contributed by atoms with Crippen molar-refractivity contribution in [2.75, 3.05) is 5.73 Å². The van der Waals surface area contributed by atoms with Crippen molar-refractivity contribution in [3.05, 3.63) is 36.7 Å². The van der Waals surface area contributed by atoms with Gasteiger partial charge in [-0.2, -0.15) is 10.2 Å².